The van der Waals surface area contributed by atoms with Crippen LogP contribution in [0.3, 0.4) is 0 Å². The predicted octanol–water partition coefficient (Wildman–Crippen LogP) is -6.74. The van der Waals surface area contributed by atoms with Crippen molar-refractivity contribution in [2.45, 2.75) is 0 Å². The van der Waals surface area contributed by atoms with E-state index < -0.39 is 0 Å². The van der Waals surface area contributed by atoms with Crippen molar-refractivity contribution in [1.82, 2.24) is 0 Å². The molecular formula is CH6KNaO3. The molecule has 0 radical (unpaired) electrons. The van der Waals surface area contributed by atoms with Crippen molar-refractivity contribution >= 4 is 0 Å². The summed E-state index contributed by atoms with van der Waals surface area (Å²) < 4.78 is 0. The van der Waals surface area contributed by atoms with Gasteiger partial charge < -0.3 is 16.1 Å². The van der Waals surface area contributed by atoms with Crippen LogP contribution in [0.2, 0.25) is 0 Å². The Bertz CT molecular complexity index is 10.8. The van der Waals surface area contributed by atoms with Gasteiger partial charge in [0.15, 0.2) is 0 Å². The molecule has 6 heavy (non-hydrogen) atoms. The molecule has 0 unspecified atom stereocenters. The summed E-state index contributed by atoms with van der Waals surface area (Å²) in [7, 11) is 1.00. The minimum Gasteiger partial charge on any atom is -0.870 e. The number of hydrogen-bond acceptors (Lipinski definition) is 3. The summed E-state index contributed by atoms with van der Waals surface area (Å²) in [6, 6.07) is 0. The Labute approximate surface area is 102 Å². The van der Waals surface area contributed by atoms with Crippen molar-refractivity contribution in [2.75, 3.05) is 7.11 Å². The molecule has 0 aliphatic heterocycles. The number of hydrogen-bond donors (Lipinski definition) is 1. The van der Waals surface area contributed by atoms with Crippen LogP contribution in [-0.2, 0) is 0 Å². The molecule has 0 heterocycles. The van der Waals surface area contributed by atoms with E-state index in [0.717, 1.165) is 7.11 Å². The normalized spacial score (nSPS) is 1.00. The Morgan fingerprint density at radius 2 is 1.00 bits per heavy atom. The van der Waals surface area contributed by atoms with Crippen LogP contribution in [0, 0.1) is 0 Å². The summed E-state index contributed by atoms with van der Waals surface area (Å²) >= 11 is 0. The summed E-state index contributed by atoms with van der Waals surface area (Å²) in [5, 5.41) is 7.00. The van der Waals surface area contributed by atoms with Crippen LogP contribution in [0.5, 0.6) is 0 Å². The minimum absolute atomic E-state index is 0. The predicted molar refractivity (Wildman–Crippen MR) is 12.0 cm³/mol. The van der Waals surface area contributed by atoms with Gasteiger partial charge in [0.2, 0.25) is 0 Å². The Hall–Kier alpha value is 2.52. The van der Waals surface area contributed by atoms with E-state index in [4.69, 9.17) is 5.11 Å². The van der Waals surface area contributed by atoms with Gasteiger partial charge in [-0.15, -0.1) is 0 Å². The summed E-state index contributed by atoms with van der Waals surface area (Å²) in [5.74, 6) is 0. The monoisotopic (exact) mass is 128 g/mol. The summed E-state index contributed by atoms with van der Waals surface area (Å²) in [6.45, 7) is 0. The first-order valence-corrected chi connectivity index (χ1v) is 0.447. The number of aliphatic hydroxyl groups is 1. The van der Waals surface area contributed by atoms with Crippen molar-refractivity contribution in [2.24, 2.45) is 0 Å². The molecule has 0 saturated heterocycles. The molecule has 0 aromatic carbocycles. The quantitative estimate of drug-likeness (QED) is 0.329. The minimum atomic E-state index is 0. The summed E-state index contributed by atoms with van der Waals surface area (Å²) in [6.07, 6.45) is 0. The SMILES string of the molecule is CO.[K+].[Na+].[OH-].[OH-]. The molecule has 0 aliphatic carbocycles. The summed E-state index contributed by atoms with van der Waals surface area (Å²) in [5.41, 5.74) is 0. The molecule has 0 saturated carbocycles. The Morgan fingerprint density at radius 1 is 1.00 bits per heavy atom. The molecule has 0 rings (SSSR count). The molecule has 0 fully saturated rings. The van der Waals surface area contributed by atoms with E-state index in [2.05, 4.69) is 0 Å². The maximum absolute atomic E-state index is 7.00. The third-order valence-electron chi connectivity index (χ3n) is 0. The third kappa shape index (κ3) is 31.3. The molecule has 0 amide bonds. The first-order valence-electron chi connectivity index (χ1n) is 0.447. The van der Waals surface area contributed by atoms with Crippen LogP contribution >= 0.6 is 0 Å². The van der Waals surface area contributed by atoms with Gasteiger partial charge in [0, 0.05) is 7.11 Å². The van der Waals surface area contributed by atoms with Crippen molar-refractivity contribution < 1.29 is 97.0 Å². The molecular weight excluding hydrogens is 122 g/mol. The van der Waals surface area contributed by atoms with Crippen LogP contribution < -0.4 is 80.9 Å². The van der Waals surface area contributed by atoms with Crippen molar-refractivity contribution in [3.63, 3.8) is 0 Å². The first kappa shape index (κ1) is 38.9. The number of aliphatic hydroxyl groups excluding tert-OH is 1. The van der Waals surface area contributed by atoms with E-state index in [9.17, 15) is 0 Å². The average Bonchev–Trinajstić information content (AvgIpc) is 1.00. The molecule has 3 nitrogen and oxygen atoms in total. The van der Waals surface area contributed by atoms with Gasteiger partial charge in [-0.3, -0.25) is 0 Å². The molecule has 0 aromatic heterocycles. The van der Waals surface area contributed by atoms with Crippen molar-refractivity contribution in [1.29, 1.82) is 0 Å². The molecule has 0 atom stereocenters. The van der Waals surface area contributed by atoms with Crippen LogP contribution in [-0.4, -0.2) is 23.2 Å². The molecule has 0 aliphatic rings. The van der Waals surface area contributed by atoms with Gasteiger partial charge in [-0.25, -0.2) is 0 Å². The van der Waals surface area contributed by atoms with E-state index in [0.29, 0.717) is 0 Å². The van der Waals surface area contributed by atoms with E-state index in [1.165, 1.54) is 0 Å². The molecule has 3 N–H and O–H groups in total. The zero-order valence-corrected chi connectivity index (χ0v) is 9.46. The molecule has 5 heteroatoms. The van der Waals surface area contributed by atoms with Crippen LogP contribution in [0.25, 0.3) is 0 Å². The fourth-order valence-corrected chi connectivity index (χ4v) is 0. The van der Waals surface area contributed by atoms with E-state index >= 15 is 0 Å². The van der Waals surface area contributed by atoms with Crippen LogP contribution in [0.15, 0.2) is 0 Å². The molecule has 0 bridgehead atoms. The van der Waals surface area contributed by atoms with Gasteiger partial charge in [-0.1, -0.05) is 0 Å². The van der Waals surface area contributed by atoms with Crippen molar-refractivity contribution in [3.05, 3.63) is 0 Å². The average molecular weight is 128 g/mol. The van der Waals surface area contributed by atoms with Crippen LogP contribution in [0.4, 0.5) is 0 Å². The summed E-state index contributed by atoms with van der Waals surface area (Å²) in [4.78, 5) is 0. The molecule has 0 aromatic rings. The van der Waals surface area contributed by atoms with Gasteiger partial charge in [0.1, 0.15) is 0 Å². The first-order chi connectivity index (χ1) is 1.00. The van der Waals surface area contributed by atoms with Gasteiger partial charge in [-0.2, -0.15) is 0 Å². The van der Waals surface area contributed by atoms with Gasteiger partial charge in [-0.05, 0) is 0 Å². The Morgan fingerprint density at radius 3 is 1.00 bits per heavy atom. The largest absolute Gasteiger partial charge is 1.00 e. The maximum atomic E-state index is 7.00. The number of rotatable bonds is 0. The second kappa shape index (κ2) is 50.4. The van der Waals surface area contributed by atoms with Gasteiger partial charge in [0.25, 0.3) is 0 Å². The molecule has 30 valence electrons. The second-order valence-electron chi connectivity index (χ2n) is 0. The molecule has 0 spiro atoms. The van der Waals surface area contributed by atoms with E-state index in [-0.39, 0.29) is 91.9 Å². The standard InChI is InChI=1S/CH4O.K.Na.2H2O/c1-2;;;;/h2H,1H3;;;2*1H2/q;2*+1;;/p-2. The fraction of sp³-hybridized carbons (Fsp3) is 1.00. The van der Waals surface area contributed by atoms with E-state index in [1.807, 2.05) is 0 Å². The van der Waals surface area contributed by atoms with E-state index in [1.54, 1.807) is 0 Å². The van der Waals surface area contributed by atoms with Crippen molar-refractivity contribution in [3.8, 4) is 0 Å². The third-order valence-corrected chi connectivity index (χ3v) is 0. The fourth-order valence-electron chi connectivity index (χ4n) is 0. The smallest absolute Gasteiger partial charge is 0.870 e. The Balaban J connectivity index is -0.000000000833. The van der Waals surface area contributed by atoms with Crippen LogP contribution in [0.1, 0.15) is 0 Å². The second-order valence-corrected chi connectivity index (χ2v) is 0. The zero-order chi connectivity index (χ0) is 2.00. The maximum Gasteiger partial charge on any atom is 1.00 e. The van der Waals surface area contributed by atoms with Gasteiger partial charge >= 0.3 is 80.9 Å². The Kier molecular flexibility index (Phi) is 327. The topological polar surface area (TPSA) is 80.2 Å². The zero-order valence-electron chi connectivity index (χ0n) is 4.34. The van der Waals surface area contributed by atoms with Gasteiger partial charge in [0.05, 0.1) is 0 Å².